The minimum absolute atomic E-state index is 0.547. The first-order chi connectivity index (χ1) is 14.5. The van der Waals surface area contributed by atoms with Crippen molar-refractivity contribution in [1.29, 1.82) is 0 Å². The molecule has 0 aliphatic heterocycles. The van der Waals surface area contributed by atoms with E-state index in [4.69, 9.17) is 26.6 Å². The predicted octanol–water partition coefficient (Wildman–Crippen LogP) is 4.89. The van der Waals surface area contributed by atoms with Gasteiger partial charge in [0, 0.05) is 39.6 Å². The van der Waals surface area contributed by atoms with Crippen LogP contribution in [0.4, 0.5) is 0 Å². The van der Waals surface area contributed by atoms with E-state index in [9.17, 15) is 0 Å². The molecule has 8 heteroatoms. The van der Waals surface area contributed by atoms with Crippen molar-refractivity contribution in [3.63, 3.8) is 0 Å². The number of hydrogen-bond donors (Lipinski definition) is 0. The van der Waals surface area contributed by atoms with Crippen molar-refractivity contribution < 1.29 is 26.6 Å². The zero-order chi connectivity index (χ0) is 22.3. The molecule has 1 aromatic rings. The van der Waals surface area contributed by atoms with Gasteiger partial charge in [0.25, 0.3) is 0 Å². The highest BCUT2D eigenvalue weighted by molar-refractivity contribution is 6.67. The maximum Gasteiger partial charge on any atom is 0.529 e. The highest BCUT2D eigenvalue weighted by Crippen LogP contribution is 2.17. The molecule has 0 heterocycles. The van der Waals surface area contributed by atoms with E-state index in [1.165, 1.54) is 0 Å². The van der Waals surface area contributed by atoms with Crippen molar-refractivity contribution in [2.45, 2.75) is 41.5 Å². The minimum Gasteiger partial charge on any atom is -0.371 e. The van der Waals surface area contributed by atoms with E-state index >= 15 is 0 Å². The van der Waals surface area contributed by atoms with Crippen molar-refractivity contribution in [1.82, 2.24) is 0 Å². The molecule has 1 rings (SSSR count). The lowest BCUT2D eigenvalue weighted by Gasteiger charge is -2.25. The molecule has 0 aliphatic carbocycles. The van der Waals surface area contributed by atoms with E-state index < -0.39 is 17.6 Å². The van der Waals surface area contributed by atoms with Crippen LogP contribution in [0.25, 0.3) is 12.2 Å². The van der Waals surface area contributed by atoms with E-state index in [0.29, 0.717) is 39.6 Å². The van der Waals surface area contributed by atoms with E-state index in [-0.39, 0.29) is 0 Å². The smallest absolute Gasteiger partial charge is 0.371 e. The van der Waals surface area contributed by atoms with Gasteiger partial charge in [0.15, 0.2) is 0 Å². The normalized spacial score (nSPS) is 13.0. The van der Waals surface area contributed by atoms with Crippen molar-refractivity contribution in [2.75, 3.05) is 39.6 Å². The van der Waals surface area contributed by atoms with Crippen molar-refractivity contribution in [2.24, 2.45) is 0 Å². The fraction of sp³-hybridized carbons (Fsp3) is 0.545. The molecule has 1 aromatic carbocycles. The Balaban J connectivity index is 2.98. The number of rotatable bonds is 16. The molecule has 6 nitrogen and oxygen atoms in total. The van der Waals surface area contributed by atoms with Gasteiger partial charge in [0.2, 0.25) is 0 Å². The summed E-state index contributed by atoms with van der Waals surface area (Å²) in [4.78, 5) is 0. The molecule has 0 spiro atoms. The summed E-state index contributed by atoms with van der Waals surface area (Å²) in [5.74, 6) is 0. The molecule has 0 amide bonds. The first-order valence-corrected chi connectivity index (χ1v) is 14.4. The molecule has 0 atom stereocenters. The van der Waals surface area contributed by atoms with Gasteiger partial charge in [0.05, 0.1) is 0 Å². The minimum atomic E-state index is -2.80. The molecule has 0 radical (unpaired) electrons. The van der Waals surface area contributed by atoms with Crippen LogP contribution in [0.5, 0.6) is 0 Å². The second-order valence-corrected chi connectivity index (χ2v) is 11.0. The summed E-state index contributed by atoms with van der Waals surface area (Å²) < 4.78 is 35.2. The Morgan fingerprint density at radius 1 is 0.500 bits per heavy atom. The second-order valence-electron chi connectivity index (χ2n) is 6.14. The highest BCUT2D eigenvalue weighted by Gasteiger charge is 2.38. The topological polar surface area (TPSA) is 55.4 Å². The van der Waals surface area contributed by atoms with Crippen LogP contribution >= 0.6 is 0 Å². The molecular formula is C22H38O6Si2. The molecule has 0 N–H and O–H groups in total. The van der Waals surface area contributed by atoms with Gasteiger partial charge in [-0.3, -0.25) is 0 Å². The zero-order valence-electron chi connectivity index (χ0n) is 19.3. The Hall–Kier alpha value is -1.11. The molecule has 30 heavy (non-hydrogen) atoms. The summed E-state index contributed by atoms with van der Waals surface area (Å²) in [6.07, 6.45) is 4.00. The molecule has 0 saturated heterocycles. The van der Waals surface area contributed by atoms with E-state index in [2.05, 4.69) is 0 Å². The Labute approximate surface area is 184 Å². The van der Waals surface area contributed by atoms with E-state index in [0.717, 1.165) is 11.1 Å². The predicted molar refractivity (Wildman–Crippen MR) is 126 cm³/mol. The average molecular weight is 455 g/mol. The van der Waals surface area contributed by atoms with Gasteiger partial charge in [-0.15, -0.1) is 0 Å². The van der Waals surface area contributed by atoms with Gasteiger partial charge in [0.1, 0.15) is 0 Å². The van der Waals surface area contributed by atoms with Crippen LogP contribution in [0.2, 0.25) is 0 Å². The van der Waals surface area contributed by atoms with Crippen LogP contribution < -0.4 is 0 Å². The molecule has 0 fully saturated rings. The van der Waals surface area contributed by atoms with Crippen LogP contribution in [-0.2, 0) is 26.6 Å². The summed E-state index contributed by atoms with van der Waals surface area (Å²) in [5, 5.41) is 0. The van der Waals surface area contributed by atoms with Gasteiger partial charge in [-0.1, -0.05) is 36.4 Å². The fourth-order valence-electron chi connectivity index (χ4n) is 2.86. The molecule has 170 valence electrons. The van der Waals surface area contributed by atoms with E-state index in [1.807, 2.05) is 89.4 Å². The SMILES string of the molecule is CCO[Si](/C=C/c1ccc(/C=C/[Si](OCC)(OCC)OCC)cc1)(OCC)OCC. The number of benzene rings is 1. The van der Waals surface area contributed by atoms with Crippen molar-refractivity contribution >= 4 is 29.8 Å². The Kier molecular flexibility index (Phi) is 13.3. The first kappa shape index (κ1) is 26.9. The van der Waals surface area contributed by atoms with Gasteiger partial charge in [-0.25, -0.2) is 0 Å². The van der Waals surface area contributed by atoms with Crippen LogP contribution in [0.3, 0.4) is 0 Å². The first-order valence-electron chi connectivity index (χ1n) is 10.8. The third-order valence-electron chi connectivity index (χ3n) is 3.97. The maximum absolute atomic E-state index is 5.86. The van der Waals surface area contributed by atoms with Crippen LogP contribution in [0.15, 0.2) is 35.7 Å². The standard InChI is InChI=1S/C22H38O6Si2/c1-7-23-29(24-8-2,25-9-3)19-17-21-13-15-22(16-14-21)18-20-30(26-10-4,27-11-5)28-12-6/h13-20H,7-12H2,1-6H3/b19-17+,20-18+. The quantitative estimate of drug-likeness (QED) is 0.332. The Morgan fingerprint density at radius 3 is 0.933 bits per heavy atom. The lowest BCUT2D eigenvalue weighted by atomic mass is 10.1. The molecule has 0 aromatic heterocycles. The molecule has 0 saturated carbocycles. The van der Waals surface area contributed by atoms with Gasteiger partial charge >= 0.3 is 17.6 Å². The van der Waals surface area contributed by atoms with Crippen LogP contribution in [0.1, 0.15) is 52.7 Å². The van der Waals surface area contributed by atoms with Gasteiger partial charge in [-0.2, -0.15) is 0 Å². The van der Waals surface area contributed by atoms with E-state index in [1.54, 1.807) is 0 Å². The molecule has 0 aliphatic rings. The fourth-order valence-corrected chi connectivity index (χ4v) is 7.15. The Morgan fingerprint density at radius 2 is 0.733 bits per heavy atom. The Bertz CT molecular complexity index is 544. The summed E-state index contributed by atoms with van der Waals surface area (Å²) in [7, 11) is -5.60. The zero-order valence-corrected chi connectivity index (χ0v) is 21.3. The van der Waals surface area contributed by atoms with Crippen LogP contribution in [0, 0.1) is 0 Å². The van der Waals surface area contributed by atoms with Crippen LogP contribution in [-0.4, -0.2) is 57.3 Å². The van der Waals surface area contributed by atoms with Gasteiger partial charge in [-0.05, 0) is 64.1 Å². The number of hydrogen-bond acceptors (Lipinski definition) is 6. The molecule has 0 unspecified atom stereocenters. The second kappa shape index (κ2) is 14.8. The largest absolute Gasteiger partial charge is 0.529 e. The summed E-state index contributed by atoms with van der Waals surface area (Å²) in [6, 6.07) is 8.18. The highest BCUT2D eigenvalue weighted by atomic mass is 28.4. The third-order valence-corrected chi connectivity index (χ3v) is 9.27. The monoisotopic (exact) mass is 454 g/mol. The lowest BCUT2D eigenvalue weighted by molar-refractivity contribution is 0.0837. The third kappa shape index (κ3) is 8.95. The lowest BCUT2D eigenvalue weighted by Crippen LogP contribution is -2.44. The maximum atomic E-state index is 5.86. The summed E-state index contributed by atoms with van der Waals surface area (Å²) in [6.45, 7) is 15.0. The van der Waals surface area contributed by atoms with Crippen molar-refractivity contribution in [3.05, 3.63) is 46.8 Å². The molecular weight excluding hydrogens is 416 g/mol. The average Bonchev–Trinajstić information content (AvgIpc) is 2.73. The summed E-state index contributed by atoms with van der Waals surface area (Å²) >= 11 is 0. The molecule has 0 bridgehead atoms. The van der Waals surface area contributed by atoms with Crippen molar-refractivity contribution in [3.8, 4) is 0 Å². The summed E-state index contributed by atoms with van der Waals surface area (Å²) in [5.41, 5.74) is 5.99. The van der Waals surface area contributed by atoms with Gasteiger partial charge < -0.3 is 26.6 Å².